The summed E-state index contributed by atoms with van der Waals surface area (Å²) in [6.07, 6.45) is 5.31. The molecule has 0 unspecified atom stereocenters. The first-order valence-corrected chi connectivity index (χ1v) is 16.6. The molecule has 1 saturated heterocycles. The Hall–Kier alpha value is -4.52. The van der Waals surface area contributed by atoms with Crippen LogP contribution >= 0.6 is 34.5 Å². The van der Waals surface area contributed by atoms with Crippen molar-refractivity contribution < 1.29 is 23.9 Å². The van der Waals surface area contributed by atoms with E-state index in [-0.39, 0.29) is 46.0 Å². The Morgan fingerprint density at radius 3 is 2.60 bits per heavy atom. The standard InChI is InChI=1S/C34H34Cl2N6O5S/c1-6-21-16-38-32(48-21)30(44)40-25-9-7-8-23(27(25)35)29-28(36)22(14-15-37-29)24-12-10-19(31(41-24)46-5)17-42(33(45)47-34(2,3)4)18-20-11-13-26(43)39-20/h6-10,12,14-16,20H,1,11,13,17-18H2,2-5H3,(H,39,43)(H,40,44)/t20-/m0/s1. The lowest BCUT2D eigenvalue weighted by Gasteiger charge is -2.29. The highest BCUT2D eigenvalue weighted by Gasteiger charge is 2.29. The SMILES string of the molecule is C=Cc1cnc(C(=O)Nc2cccc(-c3nccc(-c4ccc(CN(C[C@@H]5CCC(=O)N5)C(=O)OC(C)(C)C)c(OC)n4)c3Cl)c2Cl)s1. The molecule has 3 aromatic heterocycles. The number of carbonyl (C=O) groups is 3. The van der Waals surface area contributed by atoms with Gasteiger partial charge in [-0.3, -0.25) is 14.6 Å². The van der Waals surface area contributed by atoms with Crippen LogP contribution < -0.4 is 15.4 Å². The van der Waals surface area contributed by atoms with Crippen molar-refractivity contribution in [3.05, 3.63) is 80.9 Å². The van der Waals surface area contributed by atoms with E-state index >= 15 is 0 Å². The highest BCUT2D eigenvalue weighted by molar-refractivity contribution is 7.14. The van der Waals surface area contributed by atoms with Gasteiger partial charge in [-0.2, -0.15) is 0 Å². The van der Waals surface area contributed by atoms with Gasteiger partial charge in [-0.15, -0.1) is 11.3 Å². The normalized spacial score (nSPS) is 14.3. The number of hydrogen-bond donors (Lipinski definition) is 2. The van der Waals surface area contributed by atoms with Crippen LogP contribution in [-0.4, -0.2) is 63.1 Å². The van der Waals surface area contributed by atoms with Gasteiger partial charge in [-0.25, -0.2) is 14.8 Å². The van der Waals surface area contributed by atoms with E-state index in [4.69, 9.17) is 37.7 Å². The third-order valence-corrected chi connectivity index (χ3v) is 9.04. The Kier molecular flexibility index (Phi) is 10.7. The zero-order chi connectivity index (χ0) is 34.6. The van der Waals surface area contributed by atoms with Gasteiger partial charge < -0.3 is 25.0 Å². The van der Waals surface area contributed by atoms with Gasteiger partial charge >= 0.3 is 6.09 Å². The number of carbonyl (C=O) groups excluding carboxylic acids is 3. The van der Waals surface area contributed by atoms with E-state index in [1.165, 1.54) is 18.4 Å². The number of methoxy groups -OCH3 is 1. The molecule has 4 heterocycles. The van der Waals surface area contributed by atoms with Gasteiger partial charge in [0.15, 0.2) is 5.01 Å². The number of amides is 3. The molecule has 1 aliphatic rings. The van der Waals surface area contributed by atoms with Crippen molar-refractivity contribution in [2.45, 2.75) is 51.8 Å². The van der Waals surface area contributed by atoms with Crippen LogP contribution in [0.1, 0.15) is 53.9 Å². The minimum absolute atomic E-state index is 0.0443. The quantitative estimate of drug-likeness (QED) is 0.173. The van der Waals surface area contributed by atoms with Crippen LogP contribution in [-0.2, 0) is 16.1 Å². The third kappa shape index (κ3) is 8.12. The molecular formula is C34H34Cl2N6O5S. The highest BCUT2D eigenvalue weighted by Crippen LogP contribution is 2.40. The number of aromatic nitrogens is 3. The summed E-state index contributed by atoms with van der Waals surface area (Å²) in [4.78, 5) is 53.5. The van der Waals surface area contributed by atoms with Crippen molar-refractivity contribution >= 4 is 64.2 Å². The predicted octanol–water partition coefficient (Wildman–Crippen LogP) is 7.49. The minimum Gasteiger partial charge on any atom is -0.481 e. The maximum atomic E-state index is 13.2. The number of ether oxygens (including phenoxy) is 2. The number of benzene rings is 1. The molecule has 0 bridgehead atoms. The largest absolute Gasteiger partial charge is 0.481 e. The summed E-state index contributed by atoms with van der Waals surface area (Å²) in [5, 5.41) is 6.52. The summed E-state index contributed by atoms with van der Waals surface area (Å²) in [6, 6.07) is 10.3. The second-order valence-electron chi connectivity index (χ2n) is 11.9. The number of halogens is 2. The van der Waals surface area contributed by atoms with E-state index in [1.807, 2.05) is 6.07 Å². The molecule has 14 heteroatoms. The number of anilines is 1. The number of hydrogen-bond acceptors (Lipinski definition) is 9. The average Bonchev–Trinajstić information content (AvgIpc) is 3.70. The molecule has 1 atom stereocenters. The molecule has 4 aromatic rings. The molecule has 1 fully saturated rings. The van der Waals surface area contributed by atoms with Gasteiger partial charge in [-0.1, -0.05) is 48.0 Å². The maximum Gasteiger partial charge on any atom is 0.410 e. The molecule has 250 valence electrons. The molecule has 5 rings (SSSR count). The molecule has 1 aliphatic heterocycles. The first kappa shape index (κ1) is 34.8. The third-order valence-electron chi connectivity index (χ3n) is 7.26. The van der Waals surface area contributed by atoms with E-state index < -0.39 is 17.6 Å². The second-order valence-corrected chi connectivity index (χ2v) is 13.8. The number of nitrogens with zero attached hydrogens (tertiary/aromatic N) is 4. The van der Waals surface area contributed by atoms with Crippen molar-refractivity contribution in [2.75, 3.05) is 19.0 Å². The minimum atomic E-state index is -0.707. The maximum absolute atomic E-state index is 13.2. The molecule has 1 aromatic carbocycles. The lowest BCUT2D eigenvalue weighted by molar-refractivity contribution is -0.119. The van der Waals surface area contributed by atoms with Crippen molar-refractivity contribution in [2.24, 2.45) is 0 Å². The lowest BCUT2D eigenvalue weighted by Crippen LogP contribution is -2.43. The van der Waals surface area contributed by atoms with Gasteiger partial charge in [0.25, 0.3) is 5.91 Å². The van der Waals surface area contributed by atoms with Crippen molar-refractivity contribution in [1.82, 2.24) is 25.2 Å². The first-order valence-electron chi connectivity index (χ1n) is 15.0. The fraction of sp³-hybridized carbons (Fsp3) is 0.294. The molecule has 11 nitrogen and oxygen atoms in total. The number of nitrogens with one attached hydrogen (secondary N) is 2. The van der Waals surface area contributed by atoms with E-state index in [0.29, 0.717) is 46.6 Å². The van der Waals surface area contributed by atoms with E-state index in [1.54, 1.807) is 74.5 Å². The van der Waals surface area contributed by atoms with Crippen molar-refractivity contribution in [1.29, 1.82) is 0 Å². The molecule has 48 heavy (non-hydrogen) atoms. The number of thiazole rings is 1. The van der Waals surface area contributed by atoms with E-state index in [2.05, 4.69) is 27.2 Å². The monoisotopic (exact) mass is 708 g/mol. The van der Waals surface area contributed by atoms with Crippen LogP contribution in [0, 0.1) is 0 Å². The lowest BCUT2D eigenvalue weighted by atomic mass is 10.1. The fourth-order valence-electron chi connectivity index (χ4n) is 5.03. The molecule has 0 radical (unpaired) electrons. The van der Waals surface area contributed by atoms with E-state index in [0.717, 1.165) is 4.88 Å². The second kappa shape index (κ2) is 14.7. The fourth-order valence-corrected chi connectivity index (χ4v) is 6.27. The van der Waals surface area contributed by atoms with Gasteiger partial charge in [0.1, 0.15) is 5.60 Å². The first-order chi connectivity index (χ1) is 22.9. The van der Waals surface area contributed by atoms with Crippen LogP contribution in [0.3, 0.4) is 0 Å². The number of rotatable bonds is 10. The van der Waals surface area contributed by atoms with Crippen LogP contribution in [0.25, 0.3) is 28.6 Å². The summed E-state index contributed by atoms with van der Waals surface area (Å²) < 4.78 is 11.3. The summed E-state index contributed by atoms with van der Waals surface area (Å²) in [5.41, 5.74) is 2.25. The number of pyridine rings is 2. The topological polar surface area (TPSA) is 136 Å². The molecule has 0 saturated carbocycles. The van der Waals surface area contributed by atoms with Crippen LogP contribution in [0.15, 0.2) is 55.4 Å². The van der Waals surface area contributed by atoms with Crippen LogP contribution in [0.4, 0.5) is 10.5 Å². The van der Waals surface area contributed by atoms with Crippen LogP contribution in [0.2, 0.25) is 10.0 Å². The zero-order valence-electron chi connectivity index (χ0n) is 26.8. The van der Waals surface area contributed by atoms with E-state index in [9.17, 15) is 14.4 Å². The summed E-state index contributed by atoms with van der Waals surface area (Å²) in [5.74, 6) is -0.165. The summed E-state index contributed by atoms with van der Waals surface area (Å²) in [7, 11) is 1.49. The molecule has 3 amide bonds. The zero-order valence-corrected chi connectivity index (χ0v) is 29.1. The highest BCUT2D eigenvalue weighted by atomic mass is 35.5. The van der Waals surface area contributed by atoms with Gasteiger partial charge in [0.2, 0.25) is 11.8 Å². The Balaban J connectivity index is 1.42. The predicted molar refractivity (Wildman–Crippen MR) is 187 cm³/mol. The van der Waals surface area contributed by atoms with Gasteiger partial charge in [0, 0.05) is 53.0 Å². The van der Waals surface area contributed by atoms with Crippen molar-refractivity contribution in [3.63, 3.8) is 0 Å². The summed E-state index contributed by atoms with van der Waals surface area (Å²) >= 11 is 14.9. The summed E-state index contributed by atoms with van der Waals surface area (Å²) in [6.45, 7) is 9.50. The molecule has 0 aliphatic carbocycles. The molecule has 2 N–H and O–H groups in total. The molecule has 0 spiro atoms. The van der Waals surface area contributed by atoms with Crippen LogP contribution in [0.5, 0.6) is 5.88 Å². The van der Waals surface area contributed by atoms with Gasteiger partial charge in [-0.05, 0) is 51.5 Å². The Labute approximate surface area is 292 Å². The average molecular weight is 710 g/mol. The molecular weight excluding hydrogens is 675 g/mol. The smallest absolute Gasteiger partial charge is 0.410 e. The van der Waals surface area contributed by atoms with Crippen molar-refractivity contribution in [3.8, 4) is 28.4 Å². The van der Waals surface area contributed by atoms with Gasteiger partial charge in [0.05, 0.1) is 40.8 Å². The Bertz CT molecular complexity index is 1870. The Morgan fingerprint density at radius 2 is 1.94 bits per heavy atom. The Morgan fingerprint density at radius 1 is 1.15 bits per heavy atom.